The Morgan fingerprint density at radius 1 is 1.25 bits per heavy atom. The van der Waals surface area contributed by atoms with Crippen LogP contribution < -0.4 is 15.5 Å². The maximum atomic E-state index is 14.5. The second-order valence-corrected chi connectivity index (χ2v) is 6.45. The highest BCUT2D eigenvalue weighted by Crippen LogP contribution is 2.33. The van der Waals surface area contributed by atoms with Crippen LogP contribution in [0.2, 0.25) is 5.02 Å². The maximum absolute atomic E-state index is 14.5. The minimum absolute atomic E-state index is 0.0166. The van der Waals surface area contributed by atoms with E-state index in [0.717, 1.165) is 18.2 Å². The highest BCUT2D eigenvalue weighted by Gasteiger charge is 2.39. The van der Waals surface area contributed by atoms with Crippen molar-refractivity contribution in [1.82, 2.24) is 10.8 Å². The van der Waals surface area contributed by atoms with Gasteiger partial charge in [0.05, 0.1) is 12.7 Å². The Kier molecular flexibility index (Phi) is 5.76. The van der Waals surface area contributed by atoms with Gasteiger partial charge in [-0.05, 0) is 18.2 Å². The van der Waals surface area contributed by atoms with Gasteiger partial charge in [0.15, 0.2) is 5.84 Å². The molecule has 0 spiro atoms. The van der Waals surface area contributed by atoms with E-state index >= 15 is 0 Å². The number of nitrogens with one attached hydrogen (secondary N) is 2. The van der Waals surface area contributed by atoms with Gasteiger partial charge in [0.2, 0.25) is 5.91 Å². The van der Waals surface area contributed by atoms with Gasteiger partial charge in [-0.25, -0.2) is 13.2 Å². The largest absolute Gasteiger partial charge is 0.497 e. The number of amidine groups is 1. The Labute approximate surface area is 162 Å². The molecule has 0 aromatic heterocycles. The van der Waals surface area contributed by atoms with Crippen LogP contribution in [-0.4, -0.2) is 36.6 Å². The average Bonchev–Trinajstić information content (AvgIpc) is 3.00. The number of carbonyl (C=O) groups is 1. The molecule has 6 nitrogen and oxygen atoms in total. The highest BCUT2D eigenvalue weighted by molar-refractivity contribution is 6.30. The molecule has 2 aromatic rings. The van der Waals surface area contributed by atoms with Gasteiger partial charge in [-0.15, -0.1) is 0 Å². The lowest BCUT2D eigenvalue weighted by molar-refractivity contribution is -0.120. The van der Waals surface area contributed by atoms with Crippen molar-refractivity contribution in [1.29, 1.82) is 0 Å². The molecule has 1 aliphatic heterocycles. The van der Waals surface area contributed by atoms with E-state index in [1.807, 2.05) is 0 Å². The van der Waals surface area contributed by atoms with E-state index in [4.69, 9.17) is 16.3 Å². The van der Waals surface area contributed by atoms with E-state index in [2.05, 4.69) is 10.3 Å². The predicted octanol–water partition coefficient (Wildman–Crippen LogP) is 2.77. The fourth-order valence-electron chi connectivity index (χ4n) is 3.03. The van der Waals surface area contributed by atoms with E-state index in [-0.39, 0.29) is 34.3 Å². The number of nitrogens with zero attached hydrogens (tertiary/aromatic N) is 1. The summed E-state index contributed by atoms with van der Waals surface area (Å²) in [6.07, 6.45) is 0. The monoisotopic (exact) mass is 413 g/mol. The Morgan fingerprint density at radius 3 is 2.50 bits per heavy atom. The summed E-state index contributed by atoms with van der Waals surface area (Å²) in [6, 6.07) is 4.29. The van der Waals surface area contributed by atoms with Crippen LogP contribution in [0.5, 0.6) is 5.75 Å². The lowest BCUT2D eigenvalue weighted by Gasteiger charge is -2.17. The van der Waals surface area contributed by atoms with Crippen molar-refractivity contribution in [3.63, 3.8) is 0 Å². The number of amides is 1. The Morgan fingerprint density at radius 2 is 1.93 bits per heavy atom. The number of methoxy groups -OCH3 is 1. The van der Waals surface area contributed by atoms with E-state index in [1.165, 1.54) is 19.2 Å². The van der Waals surface area contributed by atoms with Gasteiger partial charge in [0.25, 0.3) is 0 Å². The predicted molar refractivity (Wildman–Crippen MR) is 95.3 cm³/mol. The van der Waals surface area contributed by atoms with Crippen LogP contribution in [0.3, 0.4) is 0 Å². The van der Waals surface area contributed by atoms with Gasteiger partial charge in [0, 0.05) is 35.2 Å². The standard InChI is InChI=1S/C18H15ClF3N3O3/c1-28-9-5-13(21)15(14(22)6-9)11-7-23-18(26)16(11)24-17(25-27)10-3-2-8(19)4-12(10)20/h2-6,11,16,27H,7H2,1H3,(H,23,26)(H,24,25)/t11-,16-/m0/s1. The van der Waals surface area contributed by atoms with Gasteiger partial charge in [-0.1, -0.05) is 11.6 Å². The molecule has 3 rings (SSSR count). The topological polar surface area (TPSA) is 83.0 Å². The summed E-state index contributed by atoms with van der Waals surface area (Å²) in [5.74, 6) is -4.65. The zero-order valence-corrected chi connectivity index (χ0v) is 15.2. The van der Waals surface area contributed by atoms with Crippen molar-refractivity contribution in [2.24, 2.45) is 4.99 Å². The van der Waals surface area contributed by atoms with Gasteiger partial charge >= 0.3 is 0 Å². The Balaban J connectivity index is 2.04. The van der Waals surface area contributed by atoms with E-state index in [0.29, 0.717) is 0 Å². The number of hydrogen-bond acceptors (Lipinski definition) is 4. The normalized spacial score (nSPS) is 19.5. The van der Waals surface area contributed by atoms with E-state index in [1.54, 1.807) is 5.48 Å². The summed E-state index contributed by atoms with van der Waals surface area (Å²) >= 11 is 5.70. The van der Waals surface area contributed by atoms with Crippen molar-refractivity contribution in [3.8, 4) is 5.75 Å². The Hall–Kier alpha value is -2.78. The molecular formula is C18H15ClF3N3O3. The second-order valence-electron chi connectivity index (χ2n) is 6.01. The minimum Gasteiger partial charge on any atom is -0.497 e. The zero-order chi connectivity index (χ0) is 20.4. The first-order chi connectivity index (χ1) is 13.3. The number of aliphatic imine (C=N–C) groups is 1. The van der Waals surface area contributed by atoms with Crippen molar-refractivity contribution in [3.05, 3.63) is 63.9 Å². The summed E-state index contributed by atoms with van der Waals surface area (Å²) in [4.78, 5) is 16.2. The lowest BCUT2D eigenvalue weighted by Crippen LogP contribution is -2.30. The number of benzene rings is 2. The van der Waals surface area contributed by atoms with Crippen LogP contribution in [0.1, 0.15) is 17.0 Å². The summed E-state index contributed by atoms with van der Waals surface area (Å²) in [5.41, 5.74) is 1.20. The third-order valence-corrected chi connectivity index (χ3v) is 4.60. The number of hydroxylamine groups is 1. The van der Waals surface area contributed by atoms with Crippen molar-refractivity contribution < 1.29 is 27.9 Å². The minimum atomic E-state index is -1.30. The van der Waals surface area contributed by atoms with E-state index in [9.17, 15) is 23.2 Å². The smallest absolute Gasteiger partial charge is 0.245 e. The molecule has 1 heterocycles. The third kappa shape index (κ3) is 3.76. The number of hydrogen-bond donors (Lipinski definition) is 3. The molecule has 2 atom stereocenters. The van der Waals surface area contributed by atoms with Gasteiger partial charge in [-0.3, -0.25) is 20.5 Å². The van der Waals surface area contributed by atoms with Crippen LogP contribution in [0.4, 0.5) is 13.2 Å². The highest BCUT2D eigenvalue weighted by atomic mass is 35.5. The number of halogens is 4. The summed E-state index contributed by atoms with van der Waals surface area (Å²) in [6.45, 7) is -0.0883. The summed E-state index contributed by atoms with van der Waals surface area (Å²) in [7, 11) is 1.27. The molecule has 0 bridgehead atoms. The van der Waals surface area contributed by atoms with Crippen LogP contribution >= 0.6 is 11.6 Å². The van der Waals surface area contributed by atoms with Crippen LogP contribution in [0.15, 0.2) is 35.3 Å². The maximum Gasteiger partial charge on any atom is 0.245 e. The molecule has 0 radical (unpaired) electrons. The van der Waals surface area contributed by atoms with Crippen molar-refractivity contribution in [2.75, 3.05) is 13.7 Å². The first kappa shape index (κ1) is 20.0. The third-order valence-electron chi connectivity index (χ3n) is 4.37. The van der Waals surface area contributed by atoms with Crippen LogP contribution in [-0.2, 0) is 4.79 Å². The first-order valence-corrected chi connectivity index (χ1v) is 8.47. The molecule has 0 aliphatic carbocycles. The van der Waals surface area contributed by atoms with Crippen molar-refractivity contribution in [2.45, 2.75) is 12.0 Å². The molecule has 1 aliphatic rings. The molecule has 0 saturated carbocycles. The molecule has 148 valence electrons. The molecular weight excluding hydrogens is 399 g/mol. The van der Waals surface area contributed by atoms with E-state index < -0.39 is 35.3 Å². The molecule has 2 aromatic carbocycles. The first-order valence-electron chi connectivity index (χ1n) is 8.09. The zero-order valence-electron chi connectivity index (χ0n) is 14.5. The van der Waals surface area contributed by atoms with Crippen molar-refractivity contribution >= 4 is 23.3 Å². The summed E-state index contributed by atoms with van der Waals surface area (Å²) < 4.78 is 47.9. The molecule has 28 heavy (non-hydrogen) atoms. The molecule has 3 N–H and O–H groups in total. The number of ether oxygens (including phenoxy) is 1. The molecule has 1 fully saturated rings. The fourth-order valence-corrected chi connectivity index (χ4v) is 3.19. The second kappa shape index (κ2) is 8.07. The van der Waals surface area contributed by atoms with Gasteiger partial charge in [0.1, 0.15) is 29.2 Å². The molecule has 1 amide bonds. The average molecular weight is 414 g/mol. The molecule has 1 saturated heterocycles. The lowest BCUT2D eigenvalue weighted by atomic mass is 9.93. The Bertz CT molecular complexity index is 932. The van der Waals surface area contributed by atoms with Crippen LogP contribution in [0, 0.1) is 17.5 Å². The van der Waals surface area contributed by atoms with Gasteiger partial charge < -0.3 is 10.1 Å². The quantitative estimate of drug-likeness (QED) is 0.409. The molecule has 0 unspecified atom stereocenters. The van der Waals surface area contributed by atoms with Gasteiger partial charge in [-0.2, -0.15) is 0 Å². The number of rotatable bonds is 4. The molecule has 10 heteroatoms. The van der Waals surface area contributed by atoms with Crippen LogP contribution in [0.25, 0.3) is 0 Å². The summed E-state index contributed by atoms with van der Waals surface area (Å²) in [5, 5.41) is 12.0. The SMILES string of the molecule is COc1cc(F)c([C@@H]2CNC(=O)[C@H]2N=C(NO)c2ccc(Cl)cc2F)c(F)c1. The number of carbonyl (C=O) groups excluding carboxylic acids is 1. The fraction of sp³-hybridized carbons (Fsp3) is 0.222.